The SMILES string of the molecule is COc1cc(C(=O)NC2CCC2)ccc1N. The Morgan fingerprint density at radius 3 is 2.81 bits per heavy atom. The molecular formula is C12H16N2O2. The first-order valence-corrected chi connectivity index (χ1v) is 5.45. The molecule has 0 heterocycles. The molecule has 4 nitrogen and oxygen atoms in total. The normalized spacial score (nSPS) is 15.3. The summed E-state index contributed by atoms with van der Waals surface area (Å²) < 4.78 is 5.08. The molecule has 1 aliphatic carbocycles. The summed E-state index contributed by atoms with van der Waals surface area (Å²) in [7, 11) is 1.54. The molecule has 0 unspecified atom stereocenters. The lowest BCUT2D eigenvalue weighted by Crippen LogP contribution is -2.39. The van der Waals surface area contributed by atoms with Crippen LogP contribution in [-0.4, -0.2) is 19.1 Å². The van der Waals surface area contributed by atoms with E-state index in [9.17, 15) is 4.79 Å². The first-order valence-electron chi connectivity index (χ1n) is 5.45. The van der Waals surface area contributed by atoms with Crippen molar-refractivity contribution >= 4 is 11.6 Å². The van der Waals surface area contributed by atoms with Gasteiger partial charge >= 0.3 is 0 Å². The first-order chi connectivity index (χ1) is 7.70. The van der Waals surface area contributed by atoms with Gasteiger partial charge in [-0.15, -0.1) is 0 Å². The molecular weight excluding hydrogens is 204 g/mol. The number of amides is 1. The van der Waals surface area contributed by atoms with Crippen molar-refractivity contribution in [2.75, 3.05) is 12.8 Å². The molecule has 2 rings (SSSR count). The lowest BCUT2D eigenvalue weighted by molar-refractivity contribution is 0.0916. The smallest absolute Gasteiger partial charge is 0.251 e. The van der Waals surface area contributed by atoms with Gasteiger partial charge < -0.3 is 15.8 Å². The van der Waals surface area contributed by atoms with Crippen molar-refractivity contribution in [3.8, 4) is 5.75 Å². The molecule has 1 amide bonds. The van der Waals surface area contributed by atoms with Crippen LogP contribution in [0.3, 0.4) is 0 Å². The number of hydrogen-bond donors (Lipinski definition) is 2. The van der Waals surface area contributed by atoms with E-state index in [4.69, 9.17) is 10.5 Å². The van der Waals surface area contributed by atoms with Crippen LogP contribution < -0.4 is 15.8 Å². The minimum Gasteiger partial charge on any atom is -0.495 e. The number of nitrogens with one attached hydrogen (secondary N) is 1. The third-order valence-electron chi connectivity index (χ3n) is 2.94. The number of carbonyl (C=O) groups is 1. The zero-order valence-corrected chi connectivity index (χ0v) is 9.32. The Bertz CT molecular complexity index is 400. The van der Waals surface area contributed by atoms with Gasteiger partial charge in [-0.1, -0.05) is 0 Å². The van der Waals surface area contributed by atoms with Gasteiger partial charge in [0.05, 0.1) is 12.8 Å². The molecule has 1 aliphatic rings. The fourth-order valence-corrected chi connectivity index (χ4v) is 1.67. The fraction of sp³-hybridized carbons (Fsp3) is 0.417. The van der Waals surface area contributed by atoms with Crippen molar-refractivity contribution in [3.63, 3.8) is 0 Å². The third-order valence-corrected chi connectivity index (χ3v) is 2.94. The second-order valence-electron chi connectivity index (χ2n) is 4.06. The van der Waals surface area contributed by atoms with Crippen molar-refractivity contribution in [3.05, 3.63) is 23.8 Å². The van der Waals surface area contributed by atoms with Crippen molar-refractivity contribution in [1.82, 2.24) is 5.32 Å². The number of benzene rings is 1. The Labute approximate surface area is 94.8 Å². The molecule has 86 valence electrons. The lowest BCUT2D eigenvalue weighted by atomic mass is 9.93. The molecule has 0 atom stereocenters. The van der Waals surface area contributed by atoms with Crippen LogP contribution in [0, 0.1) is 0 Å². The minimum absolute atomic E-state index is 0.0528. The minimum atomic E-state index is -0.0528. The van der Waals surface area contributed by atoms with Crippen LogP contribution in [0.15, 0.2) is 18.2 Å². The highest BCUT2D eigenvalue weighted by atomic mass is 16.5. The third kappa shape index (κ3) is 2.10. The predicted octanol–water partition coefficient (Wildman–Crippen LogP) is 1.56. The van der Waals surface area contributed by atoms with Gasteiger partial charge in [0.25, 0.3) is 5.91 Å². The largest absolute Gasteiger partial charge is 0.495 e. The molecule has 0 spiro atoms. The Kier molecular flexibility index (Phi) is 2.99. The van der Waals surface area contributed by atoms with Crippen LogP contribution >= 0.6 is 0 Å². The van der Waals surface area contributed by atoms with Crippen LogP contribution in [0.1, 0.15) is 29.6 Å². The predicted molar refractivity (Wildman–Crippen MR) is 62.5 cm³/mol. The van der Waals surface area contributed by atoms with E-state index in [1.54, 1.807) is 25.3 Å². The number of methoxy groups -OCH3 is 1. The first kappa shape index (κ1) is 10.8. The van der Waals surface area contributed by atoms with Gasteiger partial charge in [-0.05, 0) is 37.5 Å². The van der Waals surface area contributed by atoms with Gasteiger partial charge in [-0.25, -0.2) is 0 Å². The quantitative estimate of drug-likeness (QED) is 0.760. The maximum atomic E-state index is 11.8. The average Bonchev–Trinajstić information content (AvgIpc) is 2.24. The molecule has 4 heteroatoms. The summed E-state index contributed by atoms with van der Waals surface area (Å²) in [4.78, 5) is 11.8. The summed E-state index contributed by atoms with van der Waals surface area (Å²) in [6.07, 6.45) is 3.37. The second-order valence-corrected chi connectivity index (χ2v) is 4.06. The molecule has 0 saturated heterocycles. The van der Waals surface area contributed by atoms with Crippen molar-refractivity contribution in [2.24, 2.45) is 0 Å². The molecule has 3 N–H and O–H groups in total. The van der Waals surface area contributed by atoms with Crippen LogP contribution in [-0.2, 0) is 0 Å². The summed E-state index contributed by atoms with van der Waals surface area (Å²) in [6, 6.07) is 5.42. The van der Waals surface area contributed by atoms with E-state index in [-0.39, 0.29) is 5.91 Å². The Morgan fingerprint density at radius 1 is 1.50 bits per heavy atom. The number of nitrogen functional groups attached to an aromatic ring is 1. The van der Waals surface area contributed by atoms with Crippen molar-refractivity contribution in [2.45, 2.75) is 25.3 Å². The number of hydrogen-bond acceptors (Lipinski definition) is 3. The number of anilines is 1. The highest BCUT2D eigenvalue weighted by Gasteiger charge is 2.20. The van der Waals surface area contributed by atoms with E-state index in [1.807, 2.05) is 0 Å². The summed E-state index contributed by atoms with van der Waals surface area (Å²) in [5.74, 6) is 0.490. The zero-order chi connectivity index (χ0) is 11.5. The highest BCUT2D eigenvalue weighted by Crippen LogP contribution is 2.23. The molecule has 0 radical (unpaired) electrons. The second kappa shape index (κ2) is 4.43. The summed E-state index contributed by atoms with van der Waals surface area (Å²) in [5, 5.41) is 2.97. The number of carbonyl (C=O) groups excluding carboxylic acids is 1. The molecule has 0 aromatic heterocycles. The Morgan fingerprint density at radius 2 is 2.25 bits per heavy atom. The van der Waals surface area contributed by atoms with Crippen molar-refractivity contribution in [1.29, 1.82) is 0 Å². The van der Waals surface area contributed by atoms with E-state index in [0.717, 1.165) is 12.8 Å². The van der Waals surface area contributed by atoms with Crippen molar-refractivity contribution < 1.29 is 9.53 Å². The lowest BCUT2D eigenvalue weighted by Gasteiger charge is -2.26. The van der Waals surface area contributed by atoms with E-state index >= 15 is 0 Å². The number of ether oxygens (including phenoxy) is 1. The molecule has 0 bridgehead atoms. The zero-order valence-electron chi connectivity index (χ0n) is 9.32. The van der Waals surface area contributed by atoms with Crippen LogP contribution in [0.4, 0.5) is 5.69 Å². The maximum absolute atomic E-state index is 11.8. The number of rotatable bonds is 3. The maximum Gasteiger partial charge on any atom is 0.251 e. The molecule has 1 aromatic rings. The van der Waals surface area contributed by atoms with Gasteiger partial charge in [-0.3, -0.25) is 4.79 Å². The van der Waals surface area contributed by atoms with Gasteiger partial charge in [-0.2, -0.15) is 0 Å². The molecule has 1 fully saturated rings. The number of nitrogens with two attached hydrogens (primary N) is 1. The van der Waals surface area contributed by atoms with E-state index in [0.29, 0.717) is 23.0 Å². The van der Waals surface area contributed by atoms with E-state index < -0.39 is 0 Å². The monoisotopic (exact) mass is 220 g/mol. The fourth-order valence-electron chi connectivity index (χ4n) is 1.67. The van der Waals surface area contributed by atoms with Crippen LogP contribution in [0.5, 0.6) is 5.75 Å². The molecule has 1 aromatic carbocycles. The molecule has 1 saturated carbocycles. The van der Waals surface area contributed by atoms with Crippen LogP contribution in [0.25, 0.3) is 0 Å². The van der Waals surface area contributed by atoms with Crippen LogP contribution in [0.2, 0.25) is 0 Å². The van der Waals surface area contributed by atoms with Gasteiger partial charge in [0.15, 0.2) is 0 Å². The molecule has 16 heavy (non-hydrogen) atoms. The summed E-state index contributed by atoms with van der Waals surface area (Å²) in [6.45, 7) is 0. The standard InChI is InChI=1S/C12H16N2O2/c1-16-11-7-8(5-6-10(11)13)12(15)14-9-3-2-4-9/h5-7,9H,2-4,13H2,1H3,(H,14,15). The summed E-state index contributed by atoms with van der Waals surface area (Å²) >= 11 is 0. The van der Waals surface area contributed by atoms with Gasteiger partial charge in [0.1, 0.15) is 5.75 Å². The van der Waals surface area contributed by atoms with Gasteiger partial charge in [0, 0.05) is 11.6 Å². The highest BCUT2D eigenvalue weighted by molar-refractivity contribution is 5.95. The van der Waals surface area contributed by atoms with E-state index in [1.165, 1.54) is 6.42 Å². The van der Waals surface area contributed by atoms with E-state index in [2.05, 4.69) is 5.32 Å². The van der Waals surface area contributed by atoms with Gasteiger partial charge in [0.2, 0.25) is 0 Å². The Hall–Kier alpha value is -1.71. The average molecular weight is 220 g/mol. The Balaban J connectivity index is 2.09. The topological polar surface area (TPSA) is 64.3 Å². The summed E-state index contributed by atoms with van der Waals surface area (Å²) in [5.41, 5.74) is 6.82. The molecule has 0 aliphatic heterocycles.